The van der Waals surface area contributed by atoms with Gasteiger partial charge in [0.2, 0.25) is 0 Å². The molecule has 0 bridgehead atoms. The van der Waals surface area contributed by atoms with Crippen molar-refractivity contribution in [3.63, 3.8) is 0 Å². The van der Waals surface area contributed by atoms with Crippen LogP contribution >= 0.6 is 11.8 Å². The molecule has 6 heteroatoms. The lowest BCUT2D eigenvalue weighted by atomic mass is 10.2. The molecule has 0 aliphatic heterocycles. The Bertz CT molecular complexity index is 513. The van der Waals surface area contributed by atoms with Crippen LogP contribution in [0.25, 0.3) is 11.5 Å². The van der Waals surface area contributed by atoms with Crippen molar-refractivity contribution in [2.24, 2.45) is 0 Å². The summed E-state index contributed by atoms with van der Waals surface area (Å²) < 4.78 is 5.05. The standard InChI is InChI=1S/C11H12N2O3S/c1-2-17-6-10-12-11(16-13-10)8-4-3-7(14)5-9(8)15/h3-5,14-15H,2,6H2,1H3. The van der Waals surface area contributed by atoms with Crippen LogP contribution in [-0.2, 0) is 5.75 Å². The Morgan fingerprint density at radius 2 is 2.18 bits per heavy atom. The Kier molecular flexibility index (Phi) is 3.53. The summed E-state index contributed by atoms with van der Waals surface area (Å²) in [6.45, 7) is 2.05. The highest BCUT2D eigenvalue weighted by Crippen LogP contribution is 2.30. The summed E-state index contributed by atoms with van der Waals surface area (Å²) >= 11 is 1.69. The number of hydrogen-bond acceptors (Lipinski definition) is 6. The molecule has 0 atom stereocenters. The lowest BCUT2D eigenvalue weighted by Gasteiger charge is -1.99. The van der Waals surface area contributed by atoms with E-state index < -0.39 is 0 Å². The second-order valence-electron chi connectivity index (χ2n) is 3.35. The fourth-order valence-electron chi connectivity index (χ4n) is 1.32. The number of benzene rings is 1. The minimum absolute atomic E-state index is 0.00692. The van der Waals surface area contributed by atoms with Gasteiger partial charge in [-0.25, -0.2) is 0 Å². The summed E-state index contributed by atoms with van der Waals surface area (Å²) in [6.07, 6.45) is 0. The summed E-state index contributed by atoms with van der Waals surface area (Å²) in [5.74, 6) is 2.43. The molecule has 0 radical (unpaired) electrons. The zero-order chi connectivity index (χ0) is 12.3. The minimum atomic E-state index is -0.0802. The zero-order valence-corrected chi connectivity index (χ0v) is 10.1. The van der Waals surface area contributed by atoms with Crippen LogP contribution in [0.3, 0.4) is 0 Å². The average molecular weight is 252 g/mol. The average Bonchev–Trinajstić information content (AvgIpc) is 2.75. The van der Waals surface area contributed by atoms with E-state index in [9.17, 15) is 10.2 Å². The molecule has 2 N–H and O–H groups in total. The first kappa shape index (κ1) is 11.8. The molecule has 0 unspecified atom stereocenters. The van der Waals surface area contributed by atoms with Gasteiger partial charge in [0.1, 0.15) is 11.5 Å². The fourth-order valence-corrected chi connectivity index (χ4v) is 1.82. The van der Waals surface area contributed by atoms with E-state index in [-0.39, 0.29) is 17.4 Å². The van der Waals surface area contributed by atoms with Crippen molar-refractivity contribution >= 4 is 11.8 Å². The molecule has 0 amide bonds. The molecule has 0 spiro atoms. The normalized spacial score (nSPS) is 10.6. The van der Waals surface area contributed by atoms with Crippen molar-refractivity contribution in [2.45, 2.75) is 12.7 Å². The number of aromatic nitrogens is 2. The molecular weight excluding hydrogens is 240 g/mol. The largest absolute Gasteiger partial charge is 0.508 e. The Morgan fingerprint density at radius 1 is 1.35 bits per heavy atom. The van der Waals surface area contributed by atoms with Crippen molar-refractivity contribution in [2.75, 3.05) is 5.75 Å². The number of rotatable bonds is 4. The summed E-state index contributed by atoms with van der Waals surface area (Å²) in [6, 6.07) is 4.23. The second kappa shape index (κ2) is 5.09. The highest BCUT2D eigenvalue weighted by Gasteiger charge is 2.13. The first-order chi connectivity index (χ1) is 8.20. The number of hydrogen-bond donors (Lipinski definition) is 2. The molecule has 2 aromatic rings. The van der Waals surface area contributed by atoms with E-state index in [4.69, 9.17) is 4.52 Å². The third kappa shape index (κ3) is 2.71. The number of phenolic OH excluding ortho intramolecular Hbond substituents is 2. The van der Waals surface area contributed by atoms with Crippen LogP contribution in [0.1, 0.15) is 12.7 Å². The molecule has 2 rings (SSSR count). The summed E-state index contributed by atoms with van der Waals surface area (Å²) in [4.78, 5) is 4.17. The van der Waals surface area contributed by atoms with Crippen molar-refractivity contribution in [1.82, 2.24) is 10.1 Å². The molecule has 17 heavy (non-hydrogen) atoms. The van der Waals surface area contributed by atoms with Crippen LogP contribution < -0.4 is 0 Å². The quantitative estimate of drug-likeness (QED) is 0.869. The highest BCUT2D eigenvalue weighted by molar-refractivity contribution is 7.98. The highest BCUT2D eigenvalue weighted by atomic mass is 32.2. The Balaban J connectivity index is 2.24. The molecule has 0 aliphatic rings. The van der Waals surface area contributed by atoms with Gasteiger partial charge in [0.15, 0.2) is 5.82 Å². The Labute approximate surface area is 102 Å². The topological polar surface area (TPSA) is 79.4 Å². The van der Waals surface area contributed by atoms with Gasteiger partial charge in [-0.1, -0.05) is 12.1 Å². The van der Waals surface area contributed by atoms with Gasteiger partial charge in [-0.15, -0.1) is 0 Å². The Morgan fingerprint density at radius 3 is 2.88 bits per heavy atom. The number of phenols is 2. The van der Waals surface area contributed by atoms with Crippen LogP contribution in [0, 0.1) is 0 Å². The maximum absolute atomic E-state index is 9.64. The number of nitrogens with zero attached hydrogens (tertiary/aromatic N) is 2. The van der Waals surface area contributed by atoms with Gasteiger partial charge in [-0.05, 0) is 17.9 Å². The van der Waals surface area contributed by atoms with Gasteiger partial charge in [-0.2, -0.15) is 16.7 Å². The van der Waals surface area contributed by atoms with Gasteiger partial charge >= 0.3 is 0 Å². The summed E-state index contributed by atoms with van der Waals surface area (Å²) in [5, 5.41) is 22.6. The third-order valence-corrected chi connectivity index (χ3v) is 2.99. The van der Waals surface area contributed by atoms with E-state index in [2.05, 4.69) is 17.1 Å². The molecule has 0 fully saturated rings. The van der Waals surface area contributed by atoms with E-state index in [0.29, 0.717) is 17.1 Å². The van der Waals surface area contributed by atoms with Gasteiger partial charge in [0.05, 0.1) is 11.3 Å². The fraction of sp³-hybridized carbons (Fsp3) is 0.273. The van der Waals surface area contributed by atoms with Gasteiger partial charge < -0.3 is 14.7 Å². The van der Waals surface area contributed by atoms with E-state index in [1.807, 2.05) is 0 Å². The molecule has 1 heterocycles. The SMILES string of the molecule is CCSCc1noc(-c2ccc(O)cc2O)n1. The van der Waals surface area contributed by atoms with E-state index in [0.717, 1.165) is 5.75 Å². The van der Waals surface area contributed by atoms with Crippen molar-refractivity contribution in [3.8, 4) is 23.0 Å². The molecule has 0 aliphatic carbocycles. The van der Waals surface area contributed by atoms with Crippen LogP contribution in [0.15, 0.2) is 22.7 Å². The third-order valence-electron chi connectivity index (χ3n) is 2.12. The molecule has 0 saturated heterocycles. The molecular formula is C11H12N2O3S. The van der Waals surface area contributed by atoms with E-state index in [1.165, 1.54) is 18.2 Å². The van der Waals surface area contributed by atoms with E-state index >= 15 is 0 Å². The van der Waals surface area contributed by atoms with Gasteiger partial charge in [-0.3, -0.25) is 0 Å². The van der Waals surface area contributed by atoms with Crippen molar-refractivity contribution < 1.29 is 14.7 Å². The Hall–Kier alpha value is -1.69. The van der Waals surface area contributed by atoms with Crippen LogP contribution in [-0.4, -0.2) is 26.1 Å². The van der Waals surface area contributed by atoms with Gasteiger partial charge in [0.25, 0.3) is 5.89 Å². The number of aromatic hydroxyl groups is 2. The van der Waals surface area contributed by atoms with Crippen molar-refractivity contribution in [1.29, 1.82) is 0 Å². The van der Waals surface area contributed by atoms with E-state index in [1.54, 1.807) is 11.8 Å². The zero-order valence-electron chi connectivity index (χ0n) is 9.25. The monoisotopic (exact) mass is 252 g/mol. The molecule has 0 saturated carbocycles. The smallest absolute Gasteiger partial charge is 0.261 e. The van der Waals surface area contributed by atoms with Gasteiger partial charge in [0, 0.05) is 6.07 Å². The lowest BCUT2D eigenvalue weighted by Crippen LogP contribution is -1.84. The van der Waals surface area contributed by atoms with Crippen molar-refractivity contribution in [3.05, 3.63) is 24.0 Å². The maximum Gasteiger partial charge on any atom is 0.261 e. The predicted octanol–water partition coefficient (Wildman–Crippen LogP) is 2.40. The predicted molar refractivity (Wildman–Crippen MR) is 64.9 cm³/mol. The molecule has 90 valence electrons. The second-order valence-corrected chi connectivity index (χ2v) is 4.63. The first-order valence-electron chi connectivity index (χ1n) is 5.13. The first-order valence-corrected chi connectivity index (χ1v) is 6.29. The van der Waals surface area contributed by atoms with Crippen LogP contribution in [0.5, 0.6) is 11.5 Å². The summed E-state index contributed by atoms with van der Waals surface area (Å²) in [7, 11) is 0. The number of thioether (sulfide) groups is 1. The van der Waals surface area contributed by atoms with Crippen LogP contribution in [0.2, 0.25) is 0 Å². The lowest BCUT2D eigenvalue weighted by molar-refractivity contribution is 0.418. The van der Waals surface area contributed by atoms with Crippen LogP contribution in [0.4, 0.5) is 0 Å². The molecule has 1 aromatic carbocycles. The minimum Gasteiger partial charge on any atom is -0.508 e. The summed E-state index contributed by atoms with van der Waals surface area (Å²) in [5.41, 5.74) is 0.419. The molecule has 5 nitrogen and oxygen atoms in total. The molecule has 1 aromatic heterocycles. The maximum atomic E-state index is 9.64.